The lowest BCUT2D eigenvalue weighted by molar-refractivity contribution is 0.0489. The van der Waals surface area contributed by atoms with E-state index in [2.05, 4.69) is 10.1 Å². The lowest BCUT2D eigenvalue weighted by atomic mass is 10.0. The van der Waals surface area contributed by atoms with Crippen molar-refractivity contribution in [2.24, 2.45) is 0 Å². The molecule has 0 radical (unpaired) electrons. The quantitative estimate of drug-likeness (QED) is 0.493. The van der Waals surface area contributed by atoms with Gasteiger partial charge >= 0.3 is 5.97 Å². The first-order valence-electron chi connectivity index (χ1n) is 7.68. The maximum atomic E-state index is 14.2. The number of aromatic nitrogens is 3. The van der Waals surface area contributed by atoms with Crippen LogP contribution < -0.4 is 0 Å². The number of carbonyl (C=O) groups excluding carboxylic acids is 1. The van der Waals surface area contributed by atoms with Crippen molar-refractivity contribution >= 4 is 17.6 Å². The van der Waals surface area contributed by atoms with Crippen LogP contribution in [0, 0.1) is 5.82 Å². The zero-order valence-corrected chi connectivity index (χ0v) is 14.0. The highest BCUT2D eigenvalue weighted by atomic mass is 35.5. The van der Waals surface area contributed by atoms with Crippen molar-refractivity contribution in [2.75, 3.05) is 6.61 Å². The fourth-order valence-electron chi connectivity index (χ4n) is 2.32. The smallest absolute Gasteiger partial charge is 0.341 e. The van der Waals surface area contributed by atoms with Crippen LogP contribution in [0.2, 0.25) is 5.02 Å². The largest absolute Gasteiger partial charge is 0.462 e. The van der Waals surface area contributed by atoms with Gasteiger partial charge in [0.25, 0.3) is 0 Å². The standard InChI is InChI=1S/C18H15ClFN3O2/c19-15-5-2-13(3-6-15)14-4-7-16(17(20)10-14)18(24)25-9-1-8-23-12-21-11-22-23/h2-7,10-12H,1,8-9H2. The number of carbonyl (C=O) groups is 1. The highest BCUT2D eigenvalue weighted by Gasteiger charge is 2.14. The molecule has 0 aliphatic carbocycles. The molecular formula is C18H15ClFN3O2. The van der Waals surface area contributed by atoms with Crippen molar-refractivity contribution in [2.45, 2.75) is 13.0 Å². The Balaban J connectivity index is 1.60. The van der Waals surface area contributed by atoms with Gasteiger partial charge in [-0.05, 0) is 35.4 Å². The molecule has 0 N–H and O–H groups in total. The van der Waals surface area contributed by atoms with Gasteiger partial charge in [0.2, 0.25) is 0 Å². The van der Waals surface area contributed by atoms with Gasteiger partial charge in [0, 0.05) is 18.0 Å². The molecule has 0 aliphatic rings. The Bertz CT molecular complexity index is 851. The van der Waals surface area contributed by atoms with E-state index in [0.29, 0.717) is 23.6 Å². The molecule has 0 atom stereocenters. The number of rotatable bonds is 6. The summed E-state index contributed by atoms with van der Waals surface area (Å²) in [5.74, 6) is -1.30. The number of hydrogen-bond acceptors (Lipinski definition) is 4. The molecule has 0 fully saturated rings. The topological polar surface area (TPSA) is 57.0 Å². The second kappa shape index (κ2) is 7.90. The number of halogens is 2. The summed E-state index contributed by atoms with van der Waals surface area (Å²) >= 11 is 5.85. The van der Waals surface area contributed by atoms with E-state index in [0.717, 1.165) is 5.56 Å². The van der Waals surface area contributed by atoms with Crippen LogP contribution in [0.4, 0.5) is 4.39 Å². The van der Waals surface area contributed by atoms with E-state index in [4.69, 9.17) is 16.3 Å². The molecule has 0 spiro atoms. The summed E-state index contributed by atoms with van der Waals surface area (Å²) in [6.07, 6.45) is 3.58. The number of hydrogen-bond donors (Lipinski definition) is 0. The van der Waals surface area contributed by atoms with Crippen molar-refractivity contribution < 1.29 is 13.9 Å². The SMILES string of the molecule is O=C(OCCCn1cncn1)c1ccc(-c2ccc(Cl)cc2)cc1F. The third-order valence-corrected chi connectivity index (χ3v) is 3.85. The normalized spacial score (nSPS) is 10.6. The molecule has 128 valence electrons. The average molecular weight is 360 g/mol. The molecule has 0 bridgehead atoms. The molecule has 2 aromatic carbocycles. The molecule has 0 amide bonds. The van der Waals surface area contributed by atoms with Crippen molar-refractivity contribution in [3.05, 3.63) is 71.5 Å². The third-order valence-electron chi connectivity index (χ3n) is 3.60. The number of ether oxygens (including phenoxy) is 1. The minimum Gasteiger partial charge on any atom is -0.462 e. The van der Waals surface area contributed by atoms with Gasteiger partial charge in [-0.15, -0.1) is 0 Å². The third kappa shape index (κ3) is 4.42. The first kappa shape index (κ1) is 17.1. The van der Waals surface area contributed by atoms with Crippen LogP contribution in [0.25, 0.3) is 11.1 Å². The maximum Gasteiger partial charge on any atom is 0.341 e. The second-order valence-corrected chi connectivity index (χ2v) is 5.79. The predicted octanol–water partition coefficient (Wildman–Crippen LogP) is 3.98. The Kier molecular flexibility index (Phi) is 5.40. The lowest BCUT2D eigenvalue weighted by Gasteiger charge is -2.08. The van der Waals surface area contributed by atoms with Crippen LogP contribution in [-0.2, 0) is 11.3 Å². The highest BCUT2D eigenvalue weighted by molar-refractivity contribution is 6.30. The zero-order chi connectivity index (χ0) is 17.6. The Morgan fingerprint density at radius 1 is 1.16 bits per heavy atom. The average Bonchev–Trinajstić information content (AvgIpc) is 3.12. The molecule has 1 aromatic heterocycles. The number of nitrogens with zero attached hydrogens (tertiary/aromatic N) is 3. The zero-order valence-electron chi connectivity index (χ0n) is 13.2. The van der Waals surface area contributed by atoms with Gasteiger partial charge in [-0.3, -0.25) is 4.68 Å². The van der Waals surface area contributed by atoms with Gasteiger partial charge in [0.15, 0.2) is 0 Å². The summed E-state index contributed by atoms with van der Waals surface area (Å²) in [5, 5.41) is 4.55. The number of aryl methyl sites for hydroxylation is 1. The van der Waals surface area contributed by atoms with Gasteiger partial charge in [0.05, 0.1) is 12.2 Å². The van der Waals surface area contributed by atoms with Crippen LogP contribution in [0.15, 0.2) is 55.1 Å². The van der Waals surface area contributed by atoms with Gasteiger partial charge in [-0.1, -0.05) is 29.8 Å². The van der Waals surface area contributed by atoms with Crippen LogP contribution in [0.1, 0.15) is 16.8 Å². The molecule has 0 saturated heterocycles. The van der Waals surface area contributed by atoms with E-state index >= 15 is 0 Å². The lowest BCUT2D eigenvalue weighted by Crippen LogP contribution is -2.10. The summed E-state index contributed by atoms with van der Waals surface area (Å²) in [7, 11) is 0. The van der Waals surface area contributed by atoms with Crippen LogP contribution in [-0.4, -0.2) is 27.3 Å². The molecule has 0 aliphatic heterocycles. The van der Waals surface area contributed by atoms with E-state index in [1.165, 1.54) is 18.5 Å². The Morgan fingerprint density at radius 3 is 2.60 bits per heavy atom. The molecule has 5 nitrogen and oxygen atoms in total. The van der Waals surface area contributed by atoms with E-state index in [-0.39, 0.29) is 12.2 Å². The Labute approximate surface area is 149 Å². The molecular weight excluding hydrogens is 345 g/mol. The van der Waals surface area contributed by atoms with E-state index in [1.807, 2.05) is 0 Å². The summed E-state index contributed by atoms with van der Waals surface area (Å²) in [6.45, 7) is 0.752. The number of esters is 1. The molecule has 3 aromatic rings. The van der Waals surface area contributed by atoms with Gasteiger partial charge in [0.1, 0.15) is 18.5 Å². The number of benzene rings is 2. The van der Waals surface area contributed by atoms with E-state index in [9.17, 15) is 9.18 Å². The Hall–Kier alpha value is -2.73. The van der Waals surface area contributed by atoms with E-state index < -0.39 is 11.8 Å². The highest BCUT2D eigenvalue weighted by Crippen LogP contribution is 2.24. The second-order valence-electron chi connectivity index (χ2n) is 5.35. The minimum atomic E-state index is -0.682. The van der Waals surface area contributed by atoms with Gasteiger partial charge < -0.3 is 4.74 Å². The van der Waals surface area contributed by atoms with Crippen molar-refractivity contribution in [1.29, 1.82) is 0 Å². The monoisotopic (exact) mass is 359 g/mol. The molecule has 0 unspecified atom stereocenters. The van der Waals surface area contributed by atoms with Crippen LogP contribution in [0.5, 0.6) is 0 Å². The van der Waals surface area contributed by atoms with Gasteiger partial charge in [-0.2, -0.15) is 5.10 Å². The van der Waals surface area contributed by atoms with Crippen molar-refractivity contribution in [3.8, 4) is 11.1 Å². The summed E-state index contributed by atoms with van der Waals surface area (Å²) in [5.41, 5.74) is 1.39. The fourth-order valence-corrected chi connectivity index (χ4v) is 2.45. The van der Waals surface area contributed by atoms with Crippen molar-refractivity contribution in [1.82, 2.24) is 14.8 Å². The first-order valence-corrected chi connectivity index (χ1v) is 8.06. The van der Waals surface area contributed by atoms with Crippen LogP contribution >= 0.6 is 11.6 Å². The molecule has 1 heterocycles. The Morgan fingerprint density at radius 2 is 1.92 bits per heavy atom. The first-order chi connectivity index (χ1) is 12.1. The van der Waals surface area contributed by atoms with E-state index in [1.54, 1.807) is 41.3 Å². The van der Waals surface area contributed by atoms with Gasteiger partial charge in [-0.25, -0.2) is 14.2 Å². The fraction of sp³-hybridized carbons (Fsp3) is 0.167. The van der Waals surface area contributed by atoms with Crippen molar-refractivity contribution in [3.63, 3.8) is 0 Å². The summed E-state index contributed by atoms with van der Waals surface area (Å²) < 4.78 is 21.0. The predicted molar refractivity (Wildman–Crippen MR) is 91.8 cm³/mol. The van der Waals surface area contributed by atoms with Crippen LogP contribution in [0.3, 0.4) is 0 Å². The maximum absolute atomic E-state index is 14.2. The molecule has 7 heteroatoms. The molecule has 0 saturated carbocycles. The summed E-state index contributed by atoms with van der Waals surface area (Å²) in [6, 6.07) is 11.5. The molecule has 3 rings (SSSR count). The summed E-state index contributed by atoms with van der Waals surface area (Å²) in [4.78, 5) is 15.8. The molecule has 25 heavy (non-hydrogen) atoms. The minimum absolute atomic E-state index is 0.0848.